The number of fused-ring (bicyclic) bond motifs is 2. The van der Waals surface area contributed by atoms with E-state index in [1.54, 1.807) is 24.5 Å². The van der Waals surface area contributed by atoms with Crippen molar-refractivity contribution in [1.82, 2.24) is 20.7 Å². The van der Waals surface area contributed by atoms with Crippen LogP contribution in [0, 0.1) is 6.92 Å². The van der Waals surface area contributed by atoms with E-state index in [2.05, 4.69) is 20.7 Å². The van der Waals surface area contributed by atoms with Crippen molar-refractivity contribution < 1.29 is 18.8 Å². The Hall–Kier alpha value is -2.74. The topological polar surface area (TPSA) is 93.3 Å². The molecule has 0 radical (unpaired) electrons. The lowest BCUT2D eigenvalue weighted by molar-refractivity contribution is 0.00649. The number of aromatic nitrogens is 3. The molecule has 5 rings (SSSR count). The van der Waals surface area contributed by atoms with Crippen LogP contribution in [0.25, 0.3) is 11.1 Å². The highest BCUT2D eigenvalue weighted by molar-refractivity contribution is 5.79. The smallest absolute Gasteiger partial charge is 0.233 e. The third-order valence-corrected chi connectivity index (χ3v) is 6.36. The maximum Gasteiger partial charge on any atom is 0.233 e. The SMILES string of the molecule is Cc1nocc1C1=CC(O)=C(c2ccc(O[C@H]3CC4CCCC(N4)[C@H]3F)nn2)CC1. The lowest BCUT2D eigenvalue weighted by Gasteiger charge is -2.42. The maximum atomic E-state index is 14.7. The van der Waals surface area contributed by atoms with Crippen LogP contribution in [-0.2, 0) is 0 Å². The van der Waals surface area contributed by atoms with Gasteiger partial charge in [-0.1, -0.05) is 11.6 Å². The molecule has 0 aromatic carbocycles. The van der Waals surface area contributed by atoms with Gasteiger partial charge in [-0.05, 0) is 50.3 Å². The molecule has 0 spiro atoms. The largest absolute Gasteiger partial charge is 0.508 e. The van der Waals surface area contributed by atoms with Gasteiger partial charge in [-0.25, -0.2) is 4.39 Å². The molecule has 2 unspecified atom stereocenters. The number of allylic oxidation sites excluding steroid dienone is 3. The van der Waals surface area contributed by atoms with E-state index in [9.17, 15) is 9.50 Å². The summed E-state index contributed by atoms with van der Waals surface area (Å²) in [6.45, 7) is 1.87. The molecular weight excluding hydrogens is 387 g/mol. The highest BCUT2D eigenvalue weighted by Crippen LogP contribution is 2.35. The van der Waals surface area contributed by atoms with Crippen LogP contribution in [0.5, 0.6) is 5.88 Å². The van der Waals surface area contributed by atoms with Crippen molar-refractivity contribution in [3.63, 3.8) is 0 Å². The van der Waals surface area contributed by atoms with E-state index in [-0.39, 0.29) is 11.8 Å². The molecule has 2 aromatic rings. The molecule has 2 bridgehead atoms. The first-order chi connectivity index (χ1) is 14.6. The third kappa shape index (κ3) is 3.60. The molecule has 1 aliphatic carbocycles. The number of aliphatic hydroxyl groups excluding tert-OH is 1. The minimum Gasteiger partial charge on any atom is -0.508 e. The highest BCUT2D eigenvalue weighted by Gasteiger charge is 2.41. The fourth-order valence-corrected chi connectivity index (χ4v) is 4.76. The number of hydrogen-bond donors (Lipinski definition) is 2. The Kier molecular flexibility index (Phi) is 5.02. The van der Waals surface area contributed by atoms with E-state index in [0.29, 0.717) is 30.5 Å². The molecule has 2 saturated heterocycles. The van der Waals surface area contributed by atoms with Crippen molar-refractivity contribution in [2.45, 2.75) is 69.8 Å². The van der Waals surface area contributed by atoms with Gasteiger partial charge >= 0.3 is 0 Å². The van der Waals surface area contributed by atoms with Crippen molar-refractivity contribution in [3.8, 4) is 5.88 Å². The lowest BCUT2D eigenvalue weighted by atomic mass is 9.84. The van der Waals surface area contributed by atoms with Gasteiger partial charge < -0.3 is 19.7 Å². The standard InChI is InChI=1S/C22H25FN4O3/c1-12-16(11-29-27-12)13-5-6-15(19(28)9-13)17-7-8-21(26-25-17)30-20-10-14-3-2-4-18(24-14)22(20)23/h7-9,11,14,18,20,22,24,28H,2-6,10H2,1H3/t14?,18?,20-,22+/m0/s1. The minimum atomic E-state index is -1.04. The van der Waals surface area contributed by atoms with E-state index in [1.807, 2.05) is 6.92 Å². The molecule has 2 N–H and O–H groups in total. The van der Waals surface area contributed by atoms with Crippen LogP contribution in [-0.4, -0.2) is 44.8 Å². The van der Waals surface area contributed by atoms with Gasteiger partial charge in [0, 0.05) is 35.7 Å². The van der Waals surface area contributed by atoms with Crippen LogP contribution >= 0.6 is 0 Å². The predicted molar refractivity (Wildman–Crippen MR) is 109 cm³/mol. The monoisotopic (exact) mass is 412 g/mol. The number of ether oxygens (including phenoxy) is 1. The normalized spacial score (nSPS) is 28.9. The van der Waals surface area contributed by atoms with Crippen molar-refractivity contribution in [3.05, 3.63) is 47.2 Å². The summed E-state index contributed by atoms with van der Waals surface area (Å²) < 4.78 is 25.6. The summed E-state index contributed by atoms with van der Waals surface area (Å²) in [5.74, 6) is 0.480. The van der Waals surface area contributed by atoms with Crippen molar-refractivity contribution in [2.75, 3.05) is 0 Å². The molecule has 2 aliphatic heterocycles. The van der Waals surface area contributed by atoms with Gasteiger partial charge in [0.1, 0.15) is 18.1 Å². The number of nitrogens with one attached hydrogen (secondary N) is 1. The zero-order chi connectivity index (χ0) is 20.7. The molecule has 8 heteroatoms. The zero-order valence-corrected chi connectivity index (χ0v) is 16.8. The van der Waals surface area contributed by atoms with Gasteiger partial charge in [-0.2, -0.15) is 0 Å². The van der Waals surface area contributed by atoms with E-state index in [0.717, 1.165) is 48.1 Å². The van der Waals surface area contributed by atoms with Crippen LogP contribution in [0.15, 0.2) is 34.8 Å². The van der Waals surface area contributed by atoms with Gasteiger partial charge in [0.05, 0.1) is 11.4 Å². The first-order valence-corrected chi connectivity index (χ1v) is 10.5. The van der Waals surface area contributed by atoms with Gasteiger partial charge in [0.15, 0.2) is 6.17 Å². The first-order valence-electron chi connectivity index (χ1n) is 10.5. The molecule has 2 fully saturated rings. The lowest BCUT2D eigenvalue weighted by Crippen LogP contribution is -2.59. The van der Waals surface area contributed by atoms with E-state index in [4.69, 9.17) is 9.26 Å². The summed E-state index contributed by atoms with van der Waals surface area (Å²) in [7, 11) is 0. The molecule has 4 heterocycles. The summed E-state index contributed by atoms with van der Waals surface area (Å²) in [4.78, 5) is 0. The molecule has 0 amide bonds. The number of piperidine rings is 2. The fraction of sp³-hybridized carbons (Fsp3) is 0.500. The molecule has 7 nitrogen and oxygen atoms in total. The van der Waals surface area contributed by atoms with Crippen molar-refractivity contribution in [1.29, 1.82) is 0 Å². The van der Waals surface area contributed by atoms with Gasteiger partial charge in [-0.15, -0.1) is 10.2 Å². The quantitative estimate of drug-likeness (QED) is 0.786. The number of aliphatic hydroxyl groups is 1. The molecule has 3 aliphatic rings. The number of alkyl halides is 1. The van der Waals surface area contributed by atoms with E-state index >= 15 is 0 Å². The van der Waals surface area contributed by atoms with Crippen LogP contribution in [0.3, 0.4) is 0 Å². The molecule has 30 heavy (non-hydrogen) atoms. The van der Waals surface area contributed by atoms with Gasteiger partial charge in [0.2, 0.25) is 5.88 Å². The number of halogens is 1. The molecular formula is C22H25FN4O3. The van der Waals surface area contributed by atoms with Gasteiger partial charge in [-0.3, -0.25) is 0 Å². The fourth-order valence-electron chi connectivity index (χ4n) is 4.76. The summed E-state index contributed by atoms with van der Waals surface area (Å²) >= 11 is 0. The Bertz CT molecular complexity index is 985. The second kappa shape index (κ2) is 7.83. The Morgan fingerprint density at radius 3 is 2.87 bits per heavy atom. The van der Waals surface area contributed by atoms with Crippen LogP contribution < -0.4 is 10.1 Å². The van der Waals surface area contributed by atoms with Crippen LogP contribution in [0.1, 0.15) is 55.5 Å². The van der Waals surface area contributed by atoms with Crippen LogP contribution in [0.2, 0.25) is 0 Å². The second-order valence-electron chi connectivity index (χ2n) is 8.34. The maximum absolute atomic E-state index is 14.7. The number of hydrogen-bond acceptors (Lipinski definition) is 7. The zero-order valence-electron chi connectivity index (χ0n) is 16.8. The summed E-state index contributed by atoms with van der Waals surface area (Å²) in [5, 5.41) is 26.2. The second-order valence-corrected chi connectivity index (χ2v) is 8.34. The Balaban J connectivity index is 1.30. The number of rotatable bonds is 4. The molecule has 2 aromatic heterocycles. The average molecular weight is 412 g/mol. The predicted octanol–water partition coefficient (Wildman–Crippen LogP) is 3.92. The molecule has 4 atom stereocenters. The molecule has 158 valence electrons. The number of nitrogens with zero attached hydrogens (tertiary/aromatic N) is 3. The first kappa shape index (κ1) is 19.2. The third-order valence-electron chi connectivity index (χ3n) is 6.36. The van der Waals surface area contributed by atoms with Gasteiger partial charge in [0.25, 0.3) is 0 Å². The Morgan fingerprint density at radius 1 is 1.23 bits per heavy atom. The highest BCUT2D eigenvalue weighted by atomic mass is 19.1. The van der Waals surface area contributed by atoms with Crippen molar-refractivity contribution >= 4 is 11.1 Å². The number of aryl methyl sites for hydroxylation is 1. The Labute approximate surface area is 174 Å². The van der Waals surface area contributed by atoms with E-state index < -0.39 is 12.3 Å². The van der Waals surface area contributed by atoms with E-state index in [1.165, 1.54) is 0 Å². The minimum absolute atomic E-state index is 0.130. The Morgan fingerprint density at radius 2 is 2.13 bits per heavy atom. The average Bonchev–Trinajstić information content (AvgIpc) is 3.19. The van der Waals surface area contributed by atoms with Crippen molar-refractivity contribution in [2.24, 2.45) is 0 Å². The summed E-state index contributed by atoms with van der Waals surface area (Å²) in [6.07, 6.45) is 6.76. The summed E-state index contributed by atoms with van der Waals surface area (Å²) in [5.41, 5.74) is 4.01. The van der Waals surface area contributed by atoms with Crippen LogP contribution in [0.4, 0.5) is 4.39 Å². The summed E-state index contributed by atoms with van der Waals surface area (Å²) in [6, 6.07) is 3.66. The molecule has 0 saturated carbocycles.